The van der Waals surface area contributed by atoms with Crippen molar-refractivity contribution in [2.24, 2.45) is 0 Å². The Morgan fingerprint density at radius 3 is 3.00 bits per heavy atom. The number of hydrogen-bond acceptors (Lipinski definition) is 4. The number of allylic oxidation sites excluding steroid dienone is 2. The summed E-state index contributed by atoms with van der Waals surface area (Å²) in [5.74, 6) is -0.289. The van der Waals surface area contributed by atoms with Crippen LogP contribution in [0, 0.1) is 17.1 Å². The molecule has 0 spiro atoms. The van der Waals surface area contributed by atoms with Gasteiger partial charge in [0.1, 0.15) is 17.5 Å². The van der Waals surface area contributed by atoms with Crippen LogP contribution in [0.15, 0.2) is 42.2 Å². The molecule has 0 saturated carbocycles. The molecule has 0 bridgehead atoms. The van der Waals surface area contributed by atoms with Crippen molar-refractivity contribution in [3.8, 4) is 6.07 Å². The van der Waals surface area contributed by atoms with Crippen molar-refractivity contribution in [2.75, 3.05) is 18.4 Å². The van der Waals surface area contributed by atoms with Gasteiger partial charge in [0.25, 0.3) is 0 Å². The molecule has 1 aromatic carbocycles. The number of aromatic amines is 1. The third-order valence-corrected chi connectivity index (χ3v) is 4.27. The SMILES string of the molecule is CCNc1cc(F)cc2c1[nH]c1ncc(C3=CC(C#N)=CNC3)cc12. The van der Waals surface area contributed by atoms with E-state index in [1.807, 2.05) is 19.1 Å². The quantitative estimate of drug-likeness (QED) is 0.683. The van der Waals surface area contributed by atoms with Gasteiger partial charge in [-0.1, -0.05) is 0 Å². The molecule has 3 heterocycles. The minimum Gasteiger partial charge on any atom is -0.386 e. The Kier molecular flexibility index (Phi) is 3.62. The third kappa shape index (κ3) is 2.60. The second kappa shape index (κ2) is 5.95. The largest absolute Gasteiger partial charge is 0.386 e. The van der Waals surface area contributed by atoms with Crippen LogP contribution in [-0.2, 0) is 0 Å². The number of dihydropyridines is 1. The fraction of sp³-hybridized carbons (Fsp3) is 0.158. The van der Waals surface area contributed by atoms with Crippen molar-refractivity contribution >= 4 is 33.2 Å². The number of benzene rings is 1. The van der Waals surface area contributed by atoms with Gasteiger partial charge in [0.2, 0.25) is 0 Å². The molecule has 3 aromatic rings. The molecule has 0 atom stereocenters. The Bertz CT molecular complexity index is 1080. The summed E-state index contributed by atoms with van der Waals surface area (Å²) in [4.78, 5) is 7.77. The van der Waals surface area contributed by atoms with Crippen LogP contribution in [-0.4, -0.2) is 23.1 Å². The van der Waals surface area contributed by atoms with Crippen LogP contribution in [0.3, 0.4) is 0 Å². The van der Waals surface area contributed by atoms with Gasteiger partial charge in [0, 0.05) is 36.3 Å². The second-order valence-corrected chi connectivity index (χ2v) is 5.91. The van der Waals surface area contributed by atoms with Gasteiger partial charge in [-0.15, -0.1) is 0 Å². The Labute approximate surface area is 143 Å². The molecule has 124 valence electrons. The molecule has 0 unspecified atom stereocenters. The number of H-pyrrole nitrogens is 1. The lowest BCUT2D eigenvalue weighted by molar-refractivity contribution is 0.630. The van der Waals surface area contributed by atoms with Crippen LogP contribution < -0.4 is 10.6 Å². The number of hydrogen-bond donors (Lipinski definition) is 3. The van der Waals surface area contributed by atoms with E-state index in [1.54, 1.807) is 12.4 Å². The molecule has 0 radical (unpaired) electrons. The van der Waals surface area contributed by atoms with Crippen molar-refractivity contribution in [2.45, 2.75) is 6.92 Å². The first-order valence-electron chi connectivity index (χ1n) is 8.09. The van der Waals surface area contributed by atoms with E-state index in [0.29, 0.717) is 24.3 Å². The van der Waals surface area contributed by atoms with Gasteiger partial charge < -0.3 is 15.6 Å². The number of rotatable bonds is 3. The van der Waals surface area contributed by atoms with Crippen molar-refractivity contribution in [1.82, 2.24) is 15.3 Å². The molecule has 0 aliphatic carbocycles. The van der Waals surface area contributed by atoms with E-state index in [9.17, 15) is 4.39 Å². The summed E-state index contributed by atoms with van der Waals surface area (Å²) in [6.07, 6.45) is 5.31. The van der Waals surface area contributed by atoms with Crippen LogP contribution in [0.1, 0.15) is 12.5 Å². The number of fused-ring (bicyclic) bond motifs is 3. The second-order valence-electron chi connectivity index (χ2n) is 5.91. The number of nitrogens with one attached hydrogen (secondary N) is 3. The lowest BCUT2D eigenvalue weighted by Crippen LogP contribution is -2.14. The third-order valence-electron chi connectivity index (χ3n) is 4.27. The summed E-state index contributed by atoms with van der Waals surface area (Å²) >= 11 is 0. The monoisotopic (exact) mass is 333 g/mol. The highest BCUT2D eigenvalue weighted by Gasteiger charge is 2.14. The topological polar surface area (TPSA) is 76.5 Å². The Morgan fingerprint density at radius 2 is 2.20 bits per heavy atom. The first-order valence-corrected chi connectivity index (χ1v) is 8.09. The van der Waals surface area contributed by atoms with E-state index in [1.165, 1.54) is 12.1 Å². The van der Waals surface area contributed by atoms with Crippen molar-refractivity contribution < 1.29 is 4.39 Å². The summed E-state index contributed by atoms with van der Waals surface area (Å²) in [5, 5.41) is 17.0. The zero-order chi connectivity index (χ0) is 17.4. The Balaban J connectivity index is 1.91. The normalized spacial score (nSPS) is 14.0. The summed E-state index contributed by atoms with van der Waals surface area (Å²) in [6.45, 7) is 3.30. The average Bonchev–Trinajstić information content (AvgIpc) is 3.00. The molecule has 3 N–H and O–H groups in total. The summed E-state index contributed by atoms with van der Waals surface area (Å²) in [7, 11) is 0. The van der Waals surface area contributed by atoms with E-state index in [-0.39, 0.29) is 5.82 Å². The van der Waals surface area contributed by atoms with Crippen LogP contribution in [0.25, 0.3) is 27.5 Å². The van der Waals surface area contributed by atoms with Crippen molar-refractivity contribution in [3.05, 3.63) is 53.6 Å². The number of halogens is 1. The first kappa shape index (κ1) is 15.2. The lowest BCUT2D eigenvalue weighted by Gasteiger charge is -2.12. The zero-order valence-electron chi connectivity index (χ0n) is 13.7. The fourth-order valence-electron chi connectivity index (χ4n) is 3.15. The lowest BCUT2D eigenvalue weighted by atomic mass is 10.0. The number of pyridine rings is 1. The molecule has 0 saturated heterocycles. The maximum atomic E-state index is 14.0. The highest BCUT2D eigenvalue weighted by Crippen LogP contribution is 2.32. The number of nitrogens with zero attached hydrogens (tertiary/aromatic N) is 2. The summed E-state index contributed by atoms with van der Waals surface area (Å²) < 4.78 is 14.0. The van der Waals surface area contributed by atoms with Gasteiger partial charge in [0.05, 0.1) is 16.8 Å². The highest BCUT2D eigenvalue weighted by molar-refractivity contribution is 6.10. The molecule has 6 heteroatoms. The average molecular weight is 333 g/mol. The van der Waals surface area contributed by atoms with Gasteiger partial charge in [0.15, 0.2) is 0 Å². The van der Waals surface area contributed by atoms with Gasteiger partial charge in [-0.2, -0.15) is 5.26 Å². The Hall–Kier alpha value is -3.33. The van der Waals surface area contributed by atoms with Gasteiger partial charge in [-0.25, -0.2) is 9.37 Å². The van der Waals surface area contributed by atoms with E-state index < -0.39 is 0 Å². The minimum absolute atomic E-state index is 0.289. The highest BCUT2D eigenvalue weighted by atomic mass is 19.1. The van der Waals surface area contributed by atoms with Gasteiger partial charge in [-0.3, -0.25) is 0 Å². The maximum absolute atomic E-state index is 14.0. The minimum atomic E-state index is -0.289. The molecule has 1 aliphatic heterocycles. The number of anilines is 1. The van der Waals surface area contributed by atoms with Gasteiger partial charge >= 0.3 is 0 Å². The molecule has 4 rings (SSSR count). The first-order chi connectivity index (χ1) is 12.2. The molecule has 5 nitrogen and oxygen atoms in total. The van der Waals surface area contributed by atoms with Gasteiger partial charge in [-0.05, 0) is 42.3 Å². The maximum Gasteiger partial charge on any atom is 0.138 e. The van der Waals surface area contributed by atoms with E-state index >= 15 is 0 Å². The molecule has 2 aromatic heterocycles. The molecular weight excluding hydrogens is 317 g/mol. The van der Waals surface area contributed by atoms with Crippen LogP contribution in [0.4, 0.5) is 10.1 Å². The summed E-state index contributed by atoms with van der Waals surface area (Å²) in [6, 6.07) is 7.13. The molecular formula is C19H16FN5. The molecule has 25 heavy (non-hydrogen) atoms. The molecule has 1 aliphatic rings. The van der Waals surface area contributed by atoms with Crippen LogP contribution >= 0.6 is 0 Å². The smallest absolute Gasteiger partial charge is 0.138 e. The fourth-order valence-corrected chi connectivity index (χ4v) is 3.15. The van der Waals surface area contributed by atoms with Crippen molar-refractivity contribution in [3.63, 3.8) is 0 Å². The standard InChI is InChI=1S/C19H16FN5/c1-2-23-17-6-14(20)5-15-16-4-13(10-24-19(16)25-18(15)17)12-3-11(7-21)8-22-9-12/h3-6,8,10,22-23H,2,9H2,1H3,(H,24,25). The van der Waals surface area contributed by atoms with E-state index in [0.717, 1.165) is 33.1 Å². The van der Waals surface area contributed by atoms with E-state index in [4.69, 9.17) is 5.26 Å². The summed E-state index contributed by atoms with van der Waals surface area (Å²) in [5.41, 5.74) is 4.74. The number of nitriles is 1. The number of aromatic nitrogens is 2. The molecule has 0 fully saturated rings. The van der Waals surface area contributed by atoms with E-state index in [2.05, 4.69) is 26.7 Å². The predicted octanol–water partition coefficient (Wildman–Crippen LogP) is 3.68. The molecule has 0 amide bonds. The predicted molar refractivity (Wildman–Crippen MR) is 97.4 cm³/mol. The van der Waals surface area contributed by atoms with Crippen molar-refractivity contribution in [1.29, 1.82) is 5.26 Å². The zero-order valence-corrected chi connectivity index (χ0v) is 13.7. The van der Waals surface area contributed by atoms with Crippen LogP contribution in [0.2, 0.25) is 0 Å². The Morgan fingerprint density at radius 1 is 1.32 bits per heavy atom. The van der Waals surface area contributed by atoms with Crippen LogP contribution in [0.5, 0.6) is 0 Å².